The number of hydrogen-bond acceptors (Lipinski definition) is 7. The van der Waals surface area contributed by atoms with Crippen molar-refractivity contribution in [1.29, 1.82) is 0 Å². The fourth-order valence-electron chi connectivity index (χ4n) is 4.91. The van der Waals surface area contributed by atoms with Crippen molar-refractivity contribution in [3.05, 3.63) is 62.5 Å². The van der Waals surface area contributed by atoms with Crippen LogP contribution in [0.3, 0.4) is 0 Å². The molecule has 8 nitrogen and oxygen atoms in total. The van der Waals surface area contributed by atoms with Gasteiger partial charge in [0.25, 0.3) is 5.91 Å². The molecule has 0 radical (unpaired) electrons. The highest BCUT2D eigenvalue weighted by atomic mass is 32.1. The predicted molar refractivity (Wildman–Crippen MR) is 127 cm³/mol. The van der Waals surface area contributed by atoms with Crippen LogP contribution in [0.5, 0.6) is 5.75 Å². The van der Waals surface area contributed by atoms with Gasteiger partial charge in [-0.1, -0.05) is 24.3 Å². The summed E-state index contributed by atoms with van der Waals surface area (Å²) in [6.45, 7) is 5.15. The van der Waals surface area contributed by atoms with Crippen molar-refractivity contribution in [3.8, 4) is 16.3 Å². The highest BCUT2D eigenvalue weighted by molar-refractivity contribution is 7.14. The van der Waals surface area contributed by atoms with Gasteiger partial charge in [0.1, 0.15) is 22.8 Å². The monoisotopic (exact) mass is 501 g/mol. The molecule has 1 N–H and O–H groups in total. The van der Waals surface area contributed by atoms with Gasteiger partial charge in [0.05, 0.1) is 5.56 Å². The Balaban J connectivity index is 1.57. The fourth-order valence-corrected chi connectivity index (χ4v) is 5.78. The van der Waals surface area contributed by atoms with Crippen molar-refractivity contribution in [2.45, 2.75) is 45.7 Å². The summed E-state index contributed by atoms with van der Waals surface area (Å²) in [5.41, 5.74) is -0.393. The number of halogens is 2. The van der Waals surface area contributed by atoms with Crippen LogP contribution >= 0.6 is 11.3 Å². The molecule has 184 valence electrons. The van der Waals surface area contributed by atoms with E-state index in [9.17, 15) is 23.5 Å². The number of amides is 1. The zero-order valence-electron chi connectivity index (χ0n) is 19.4. The molecule has 35 heavy (non-hydrogen) atoms. The lowest BCUT2D eigenvalue weighted by molar-refractivity contribution is 0.0572. The van der Waals surface area contributed by atoms with Crippen molar-refractivity contribution < 1.29 is 18.7 Å². The van der Waals surface area contributed by atoms with Crippen LogP contribution < -0.4 is 10.4 Å². The smallest absolute Gasteiger partial charge is 0.278 e. The Hall–Kier alpha value is -3.34. The van der Waals surface area contributed by atoms with Crippen molar-refractivity contribution in [2.75, 3.05) is 18.1 Å². The molecule has 0 aliphatic carbocycles. The number of aromatic nitrogens is 3. The molecule has 0 spiro atoms. The van der Waals surface area contributed by atoms with E-state index in [-0.39, 0.29) is 40.3 Å². The average Bonchev–Trinajstić information content (AvgIpc) is 3.19. The van der Waals surface area contributed by atoms with E-state index in [0.29, 0.717) is 24.0 Å². The molecule has 5 rings (SSSR count). The van der Waals surface area contributed by atoms with Crippen molar-refractivity contribution in [1.82, 2.24) is 19.8 Å². The first-order chi connectivity index (χ1) is 16.8. The number of pyridine rings is 1. The van der Waals surface area contributed by atoms with Gasteiger partial charge < -0.3 is 10.0 Å². The van der Waals surface area contributed by atoms with E-state index in [1.54, 1.807) is 15.8 Å². The van der Waals surface area contributed by atoms with Crippen LogP contribution in [-0.4, -0.2) is 50.0 Å². The van der Waals surface area contributed by atoms with Gasteiger partial charge in [-0.2, -0.15) is 0 Å². The first-order valence-corrected chi connectivity index (χ1v) is 12.4. The largest absolute Gasteiger partial charge is 0.502 e. The van der Waals surface area contributed by atoms with E-state index >= 15 is 0 Å². The number of rotatable bonds is 4. The molecule has 1 saturated heterocycles. The second kappa shape index (κ2) is 9.03. The number of hydrogen-bond donors (Lipinski definition) is 1. The minimum Gasteiger partial charge on any atom is -0.502 e. The zero-order valence-corrected chi connectivity index (χ0v) is 20.2. The molecule has 0 bridgehead atoms. The van der Waals surface area contributed by atoms with Gasteiger partial charge in [-0.25, -0.2) is 8.78 Å². The molecule has 1 amide bonds. The number of aromatic hydroxyl groups is 1. The summed E-state index contributed by atoms with van der Waals surface area (Å²) in [5, 5.41) is 21.8. The summed E-state index contributed by atoms with van der Waals surface area (Å²) in [7, 11) is 0. The van der Waals surface area contributed by atoms with E-state index in [2.05, 4.69) is 17.1 Å². The lowest BCUT2D eigenvalue weighted by atomic mass is 10.1. The summed E-state index contributed by atoms with van der Waals surface area (Å²) < 4.78 is 28.9. The summed E-state index contributed by atoms with van der Waals surface area (Å²) in [5.74, 6) is -1.99. The van der Waals surface area contributed by atoms with Crippen LogP contribution in [0, 0.1) is 17.6 Å². The molecule has 2 aliphatic rings. The minimum atomic E-state index is -0.711. The molecule has 11 heteroatoms. The second-order valence-electron chi connectivity index (χ2n) is 9.06. The molecule has 1 fully saturated rings. The minimum absolute atomic E-state index is 0.0518. The normalized spacial score (nSPS) is 19.9. The Labute approximate surface area is 204 Å². The van der Waals surface area contributed by atoms with Crippen LogP contribution in [0.4, 0.5) is 8.78 Å². The molecule has 2 aromatic heterocycles. The Bertz CT molecular complexity index is 1360. The van der Waals surface area contributed by atoms with E-state index in [4.69, 9.17) is 0 Å². The summed E-state index contributed by atoms with van der Waals surface area (Å²) >= 11 is 1.09. The molecule has 2 aliphatic heterocycles. The third kappa shape index (κ3) is 4.07. The van der Waals surface area contributed by atoms with E-state index in [1.807, 2.05) is 11.9 Å². The highest BCUT2D eigenvalue weighted by Crippen LogP contribution is 2.33. The SMILES string of the molecule is CCN1C(=O)c2c(O)c(=O)c(-c3nnc(Cc4ccc(F)cc4F)s3)cn2N2C[C@@H](C)CCC[C@@H]12. The molecule has 3 aromatic rings. The van der Waals surface area contributed by atoms with Gasteiger partial charge in [-0.05, 0) is 43.7 Å². The summed E-state index contributed by atoms with van der Waals surface area (Å²) in [6, 6.07) is 3.32. The van der Waals surface area contributed by atoms with E-state index in [1.165, 1.54) is 12.1 Å². The maximum absolute atomic E-state index is 14.1. The lowest BCUT2D eigenvalue weighted by Crippen LogP contribution is -2.61. The first-order valence-electron chi connectivity index (χ1n) is 11.6. The third-order valence-corrected chi connectivity index (χ3v) is 7.62. The van der Waals surface area contributed by atoms with Gasteiger partial charge >= 0.3 is 0 Å². The number of fused-ring (bicyclic) bond motifs is 3. The Morgan fingerprint density at radius 1 is 1.20 bits per heavy atom. The molecule has 1 aromatic carbocycles. The van der Waals surface area contributed by atoms with Gasteiger partial charge in [-0.3, -0.25) is 19.3 Å². The second-order valence-corrected chi connectivity index (χ2v) is 10.1. The van der Waals surface area contributed by atoms with Gasteiger partial charge in [-0.15, -0.1) is 10.2 Å². The molecule has 0 unspecified atom stereocenters. The molecular formula is C24H25F2N5O3S. The van der Waals surface area contributed by atoms with Gasteiger partial charge in [0.2, 0.25) is 5.43 Å². The Kier molecular flexibility index (Phi) is 6.04. The standard InChI is InChI=1S/C24H25F2N5O3S/c1-3-29-19-6-4-5-13(2)11-30(19)31-12-16(21(32)22(33)20(31)24(29)34)23-28-27-18(35-23)9-14-7-8-15(25)10-17(14)26/h7-8,10,12-13,19,33H,3-6,9,11H2,1-2H3/t13-,19-/m0/s1. The van der Waals surface area contributed by atoms with E-state index < -0.39 is 22.8 Å². The predicted octanol–water partition coefficient (Wildman–Crippen LogP) is 3.50. The Morgan fingerprint density at radius 2 is 2.00 bits per heavy atom. The lowest BCUT2D eigenvalue weighted by Gasteiger charge is -2.46. The third-order valence-electron chi connectivity index (χ3n) is 6.66. The van der Waals surface area contributed by atoms with Crippen molar-refractivity contribution in [2.24, 2.45) is 5.92 Å². The molecule has 4 heterocycles. The number of carbonyl (C=O) groups excluding carboxylic acids is 1. The van der Waals surface area contributed by atoms with Crippen molar-refractivity contribution in [3.63, 3.8) is 0 Å². The highest BCUT2D eigenvalue weighted by Gasteiger charge is 2.41. The molecule has 0 saturated carbocycles. The first kappa shape index (κ1) is 23.4. The topological polar surface area (TPSA) is 91.6 Å². The number of nitrogens with zero attached hydrogens (tertiary/aromatic N) is 5. The summed E-state index contributed by atoms with van der Waals surface area (Å²) in [4.78, 5) is 28.1. The van der Waals surface area contributed by atoms with Crippen molar-refractivity contribution >= 4 is 17.2 Å². The van der Waals surface area contributed by atoms with E-state index in [0.717, 1.165) is 36.7 Å². The van der Waals surface area contributed by atoms with Gasteiger partial charge in [0.15, 0.2) is 16.5 Å². The summed E-state index contributed by atoms with van der Waals surface area (Å²) in [6.07, 6.45) is 4.24. The Morgan fingerprint density at radius 3 is 2.74 bits per heavy atom. The van der Waals surface area contributed by atoms with Crippen LogP contribution in [0.15, 0.2) is 29.2 Å². The van der Waals surface area contributed by atoms with Gasteiger partial charge in [0, 0.05) is 31.8 Å². The van der Waals surface area contributed by atoms with Crippen LogP contribution in [0.25, 0.3) is 10.6 Å². The number of carbonyl (C=O) groups is 1. The maximum atomic E-state index is 14.1. The fraction of sp³-hybridized carbons (Fsp3) is 0.417. The molecule has 2 atom stereocenters. The maximum Gasteiger partial charge on any atom is 0.278 e. The quantitative estimate of drug-likeness (QED) is 0.589. The van der Waals surface area contributed by atoms with Crippen LogP contribution in [-0.2, 0) is 6.42 Å². The number of benzene rings is 1. The average molecular weight is 502 g/mol. The zero-order chi connectivity index (χ0) is 24.9. The molecular weight excluding hydrogens is 476 g/mol. The van der Waals surface area contributed by atoms with Crippen LogP contribution in [0.1, 0.15) is 54.2 Å². The van der Waals surface area contributed by atoms with Crippen LogP contribution in [0.2, 0.25) is 0 Å².